The van der Waals surface area contributed by atoms with Crippen LogP contribution in [0.25, 0.3) is 0 Å². The lowest BCUT2D eigenvalue weighted by atomic mass is 9.54. The number of carboxylic acid groups (broad SMARTS) is 1. The summed E-state index contributed by atoms with van der Waals surface area (Å²) in [5.74, 6) is -0.765. The molecule has 2 aliphatic carbocycles. The van der Waals surface area contributed by atoms with Crippen LogP contribution < -0.4 is 10.9 Å². The summed E-state index contributed by atoms with van der Waals surface area (Å²) < 4.78 is 1.16. The number of hydrogen-bond acceptors (Lipinski definition) is 4. The average Bonchev–Trinajstić information content (AvgIpc) is 2.24. The molecule has 6 nitrogen and oxygen atoms in total. The van der Waals surface area contributed by atoms with E-state index in [-0.39, 0.29) is 17.9 Å². The second-order valence-corrected chi connectivity index (χ2v) is 5.71. The second-order valence-electron chi connectivity index (χ2n) is 5.71. The minimum Gasteiger partial charge on any atom is -0.480 e. The molecule has 6 heteroatoms. The minimum atomic E-state index is -1.03. The lowest BCUT2D eigenvalue weighted by Gasteiger charge is -2.54. The standard InChI is InChI=1S/C13H17N3O3/c17-10(18)8-16-5-4-14-11(12(16)19)15-9-6-13(7-9)2-1-3-13/h4-5,9H,1-3,6-8H2,(H,14,15)(H,17,18). The van der Waals surface area contributed by atoms with Crippen LogP contribution in [0.5, 0.6) is 0 Å². The SMILES string of the molecule is O=C(O)Cn1ccnc(NC2CC3(CCC3)C2)c1=O. The van der Waals surface area contributed by atoms with Gasteiger partial charge in [-0.2, -0.15) is 0 Å². The summed E-state index contributed by atoms with van der Waals surface area (Å²) >= 11 is 0. The normalized spacial score (nSPS) is 20.6. The first-order chi connectivity index (χ1) is 9.08. The Bertz CT molecular complexity index is 554. The molecule has 1 spiro atoms. The maximum absolute atomic E-state index is 12.0. The Labute approximate surface area is 110 Å². The van der Waals surface area contributed by atoms with Crippen LogP contribution in [0.3, 0.4) is 0 Å². The molecule has 0 radical (unpaired) electrons. The van der Waals surface area contributed by atoms with Gasteiger partial charge in [0.2, 0.25) is 0 Å². The van der Waals surface area contributed by atoms with E-state index in [9.17, 15) is 9.59 Å². The molecule has 0 atom stereocenters. The summed E-state index contributed by atoms with van der Waals surface area (Å²) in [5, 5.41) is 11.9. The lowest BCUT2D eigenvalue weighted by Crippen LogP contribution is -2.50. The van der Waals surface area contributed by atoms with Crippen molar-refractivity contribution in [1.82, 2.24) is 9.55 Å². The van der Waals surface area contributed by atoms with Gasteiger partial charge in [-0.15, -0.1) is 0 Å². The van der Waals surface area contributed by atoms with E-state index in [1.807, 2.05) is 0 Å². The number of nitrogens with one attached hydrogen (secondary N) is 1. The van der Waals surface area contributed by atoms with Gasteiger partial charge >= 0.3 is 5.97 Å². The molecule has 1 aromatic heterocycles. The predicted molar refractivity (Wildman–Crippen MR) is 69.1 cm³/mol. The highest BCUT2D eigenvalue weighted by atomic mass is 16.4. The average molecular weight is 263 g/mol. The number of aliphatic carboxylic acids is 1. The van der Waals surface area contributed by atoms with Gasteiger partial charge < -0.3 is 10.4 Å². The molecule has 0 bridgehead atoms. The van der Waals surface area contributed by atoms with Crippen LogP contribution in [0, 0.1) is 5.41 Å². The first kappa shape index (κ1) is 12.2. The summed E-state index contributed by atoms with van der Waals surface area (Å²) in [6, 6.07) is 0.307. The van der Waals surface area contributed by atoms with Crippen molar-refractivity contribution in [2.24, 2.45) is 5.41 Å². The predicted octanol–water partition coefficient (Wildman–Crippen LogP) is 1.07. The zero-order valence-electron chi connectivity index (χ0n) is 10.6. The number of aromatic nitrogens is 2. The first-order valence-corrected chi connectivity index (χ1v) is 6.62. The van der Waals surface area contributed by atoms with Gasteiger partial charge in [-0.25, -0.2) is 4.98 Å². The fraction of sp³-hybridized carbons (Fsp3) is 0.615. The van der Waals surface area contributed by atoms with Crippen LogP contribution in [-0.4, -0.2) is 26.7 Å². The third-order valence-corrected chi connectivity index (χ3v) is 4.33. The highest BCUT2D eigenvalue weighted by Gasteiger charge is 2.48. The Morgan fingerprint density at radius 2 is 2.26 bits per heavy atom. The smallest absolute Gasteiger partial charge is 0.323 e. The molecule has 3 rings (SSSR count). The molecule has 2 aliphatic rings. The van der Waals surface area contributed by atoms with Crippen molar-refractivity contribution < 1.29 is 9.90 Å². The zero-order valence-corrected chi connectivity index (χ0v) is 10.6. The number of nitrogens with zero attached hydrogens (tertiary/aromatic N) is 2. The fourth-order valence-corrected chi connectivity index (χ4v) is 3.18. The molecule has 0 amide bonds. The third-order valence-electron chi connectivity index (χ3n) is 4.33. The summed E-state index contributed by atoms with van der Waals surface area (Å²) in [6.45, 7) is -0.329. The Balaban J connectivity index is 1.68. The van der Waals surface area contributed by atoms with Crippen molar-refractivity contribution in [3.05, 3.63) is 22.7 Å². The van der Waals surface area contributed by atoms with E-state index in [4.69, 9.17) is 5.11 Å². The van der Waals surface area contributed by atoms with Gasteiger partial charge in [0.1, 0.15) is 6.54 Å². The van der Waals surface area contributed by atoms with Gasteiger partial charge in [0.25, 0.3) is 5.56 Å². The molecule has 2 saturated carbocycles. The van der Waals surface area contributed by atoms with Crippen LogP contribution in [0.4, 0.5) is 5.82 Å². The fourth-order valence-electron chi connectivity index (χ4n) is 3.18. The molecular formula is C13H17N3O3. The van der Waals surface area contributed by atoms with Gasteiger partial charge in [-0.3, -0.25) is 14.2 Å². The molecule has 0 unspecified atom stereocenters. The quantitative estimate of drug-likeness (QED) is 0.849. The summed E-state index contributed by atoms with van der Waals surface area (Å²) in [6.07, 6.45) is 8.99. The van der Waals surface area contributed by atoms with Gasteiger partial charge in [0.15, 0.2) is 5.82 Å². The monoisotopic (exact) mass is 263 g/mol. The first-order valence-electron chi connectivity index (χ1n) is 6.62. The van der Waals surface area contributed by atoms with Crippen molar-refractivity contribution in [3.8, 4) is 0 Å². The highest BCUT2D eigenvalue weighted by molar-refractivity contribution is 5.66. The van der Waals surface area contributed by atoms with Crippen molar-refractivity contribution in [1.29, 1.82) is 0 Å². The van der Waals surface area contributed by atoms with Crippen molar-refractivity contribution in [2.75, 3.05) is 5.32 Å². The van der Waals surface area contributed by atoms with E-state index in [0.717, 1.165) is 17.4 Å². The van der Waals surface area contributed by atoms with Gasteiger partial charge in [-0.05, 0) is 31.1 Å². The summed E-state index contributed by atoms with van der Waals surface area (Å²) in [7, 11) is 0. The third kappa shape index (κ3) is 2.22. The van der Waals surface area contributed by atoms with Crippen LogP contribution in [0.1, 0.15) is 32.1 Å². The van der Waals surface area contributed by atoms with Crippen molar-refractivity contribution in [3.63, 3.8) is 0 Å². The minimum absolute atomic E-state index is 0.267. The van der Waals surface area contributed by atoms with Crippen molar-refractivity contribution >= 4 is 11.8 Å². The van der Waals surface area contributed by atoms with E-state index < -0.39 is 5.97 Å². The molecule has 102 valence electrons. The Morgan fingerprint density at radius 3 is 2.84 bits per heavy atom. The number of anilines is 1. The van der Waals surface area contributed by atoms with Crippen molar-refractivity contribution in [2.45, 2.75) is 44.7 Å². The summed E-state index contributed by atoms with van der Waals surface area (Å²) in [4.78, 5) is 26.7. The van der Waals surface area contributed by atoms with Crippen LogP contribution in [0.2, 0.25) is 0 Å². The molecule has 1 heterocycles. The zero-order chi connectivity index (χ0) is 13.5. The van der Waals surface area contributed by atoms with Gasteiger partial charge in [0.05, 0.1) is 0 Å². The molecule has 0 aromatic carbocycles. The second kappa shape index (κ2) is 4.36. The largest absolute Gasteiger partial charge is 0.480 e. The maximum atomic E-state index is 12.0. The van der Waals surface area contributed by atoms with E-state index in [1.54, 1.807) is 0 Å². The number of rotatable bonds is 4. The van der Waals surface area contributed by atoms with Gasteiger partial charge in [-0.1, -0.05) is 6.42 Å². The highest BCUT2D eigenvalue weighted by Crippen LogP contribution is 2.56. The van der Waals surface area contributed by atoms with Crippen LogP contribution in [-0.2, 0) is 11.3 Å². The van der Waals surface area contributed by atoms with Crippen LogP contribution in [0.15, 0.2) is 17.2 Å². The van der Waals surface area contributed by atoms with Gasteiger partial charge in [0, 0.05) is 18.4 Å². The molecule has 2 fully saturated rings. The van der Waals surface area contributed by atoms with E-state index >= 15 is 0 Å². The maximum Gasteiger partial charge on any atom is 0.323 e. The topological polar surface area (TPSA) is 84.2 Å². The number of carboxylic acids is 1. The molecule has 1 aromatic rings. The number of carbonyl (C=O) groups is 1. The molecule has 0 aliphatic heterocycles. The lowest BCUT2D eigenvalue weighted by molar-refractivity contribution is -0.137. The van der Waals surface area contributed by atoms with Crippen LogP contribution >= 0.6 is 0 Å². The molecule has 2 N–H and O–H groups in total. The Hall–Kier alpha value is -1.85. The summed E-state index contributed by atoms with van der Waals surface area (Å²) in [5.41, 5.74) is 0.173. The van der Waals surface area contributed by atoms with E-state index in [0.29, 0.717) is 11.5 Å². The molecule has 19 heavy (non-hydrogen) atoms. The number of hydrogen-bond donors (Lipinski definition) is 2. The molecule has 0 saturated heterocycles. The Morgan fingerprint density at radius 1 is 1.53 bits per heavy atom. The van der Waals surface area contributed by atoms with E-state index in [1.165, 1.54) is 31.7 Å². The molecular weight excluding hydrogens is 246 g/mol. The Kier molecular flexibility index (Phi) is 2.80. The van der Waals surface area contributed by atoms with E-state index in [2.05, 4.69) is 10.3 Å².